The molecule has 0 spiro atoms. The van der Waals surface area contributed by atoms with E-state index in [9.17, 15) is 4.79 Å². The number of amides is 1. The molecule has 1 N–H and O–H groups in total. The first-order chi connectivity index (χ1) is 7.74. The highest BCUT2D eigenvalue weighted by Gasteiger charge is 2.39. The Morgan fingerprint density at radius 2 is 2.06 bits per heavy atom. The van der Waals surface area contributed by atoms with Crippen LogP contribution in [0.3, 0.4) is 0 Å². The van der Waals surface area contributed by atoms with Crippen molar-refractivity contribution in [3.05, 3.63) is 0 Å². The highest BCUT2D eigenvalue weighted by atomic mass is 16.2. The van der Waals surface area contributed by atoms with Gasteiger partial charge in [-0.3, -0.25) is 4.79 Å². The van der Waals surface area contributed by atoms with Gasteiger partial charge in [-0.25, -0.2) is 0 Å². The molecule has 0 aromatic rings. The molecule has 1 saturated heterocycles. The van der Waals surface area contributed by atoms with Crippen LogP contribution in [0.5, 0.6) is 0 Å². The standard InChI is InChI=1S/C13H27N3O/c1-10(2)7-16-12(17)11(8-15(5)6)14-9-13(16,3)4/h10-11,14H,7-9H2,1-6H3. The Kier molecular flexibility index (Phi) is 4.55. The number of carbonyl (C=O) groups is 1. The van der Waals surface area contributed by atoms with E-state index in [4.69, 9.17) is 0 Å². The zero-order valence-corrected chi connectivity index (χ0v) is 12.1. The largest absolute Gasteiger partial charge is 0.335 e. The van der Waals surface area contributed by atoms with Crippen molar-refractivity contribution >= 4 is 5.91 Å². The Balaban J connectivity index is 2.77. The molecule has 0 radical (unpaired) electrons. The molecule has 1 aliphatic heterocycles. The first-order valence-electron chi connectivity index (χ1n) is 6.43. The zero-order valence-electron chi connectivity index (χ0n) is 12.1. The quantitative estimate of drug-likeness (QED) is 0.790. The minimum absolute atomic E-state index is 0.0585. The van der Waals surface area contributed by atoms with Crippen molar-refractivity contribution in [2.24, 2.45) is 5.92 Å². The van der Waals surface area contributed by atoms with Gasteiger partial charge in [-0.1, -0.05) is 13.8 Å². The molecule has 0 aromatic heterocycles. The molecule has 0 aliphatic carbocycles. The van der Waals surface area contributed by atoms with E-state index >= 15 is 0 Å². The molecular weight excluding hydrogens is 214 g/mol. The number of nitrogens with one attached hydrogen (secondary N) is 1. The van der Waals surface area contributed by atoms with Gasteiger partial charge in [0, 0.05) is 25.2 Å². The lowest BCUT2D eigenvalue weighted by atomic mass is 9.95. The van der Waals surface area contributed by atoms with E-state index < -0.39 is 0 Å². The number of carbonyl (C=O) groups excluding carboxylic acids is 1. The molecule has 1 amide bonds. The molecule has 17 heavy (non-hydrogen) atoms. The van der Waals surface area contributed by atoms with E-state index in [2.05, 4.69) is 37.9 Å². The summed E-state index contributed by atoms with van der Waals surface area (Å²) >= 11 is 0. The summed E-state index contributed by atoms with van der Waals surface area (Å²) in [4.78, 5) is 16.5. The van der Waals surface area contributed by atoms with Crippen LogP contribution in [-0.2, 0) is 4.79 Å². The molecule has 0 saturated carbocycles. The molecule has 0 bridgehead atoms. The zero-order chi connectivity index (χ0) is 13.2. The fourth-order valence-electron chi connectivity index (χ4n) is 2.25. The Morgan fingerprint density at radius 1 is 1.47 bits per heavy atom. The maximum absolute atomic E-state index is 12.4. The van der Waals surface area contributed by atoms with Gasteiger partial charge in [-0.05, 0) is 33.9 Å². The van der Waals surface area contributed by atoms with E-state index in [0.29, 0.717) is 5.92 Å². The molecule has 1 unspecified atom stereocenters. The number of nitrogens with zero attached hydrogens (tertiary/aromatic N) is 2. The van der Waals surface area contributed by atoms with Gasteiger partial charge in [-0.2, -0.15) is 0 Å². The van der Waals surface area contributed by atoms with Crippen molar-refractivity contribution in [3.8, 4) is 0 Å². The van der Waals surface area contributed by atoms with E-state index in [1.165, 1.54) is 0 Å². The van der Waals surface area contributed by atoms with Crippen LogP contribution in [0, 0.1) is 5.92 Å². The summed E-state index contributed by atoms with van der Waals surface area (Å²) < 4.78 is 0. The van der Waals surface area contributed by atoms with Crippen LogP contribution >= 0.6 is 0 Å². The van der Waals surface area contributed by atoms with Crippen LogP contribution in [0.15, 0.2) is 0 Å². The molecule has 1 fully saturated rings. The minimum Gasteiger partial charge on any atom is -0.335 e. The SMILES string of the molecule is CC(C)CN1C(=O)C(CN(C)C)NCC1(C)C. The van der Waals surface area contributed by atoms with Gasteiger partial charge in [0.1, 0.15) is 0 Å². The predicted octanol–water partition coefficient (Wildman–Crippen LogP) is 0.783. The second kappa shape index (κ2) is 5.36. The Hall–Kier alpha value is -0.610. The Morgan fingerprint density at radius 3 is 2.53 bits per heavy atom. The number of hydrogen-bond donors (Lipinski definition) is 1. The second-order valence-electron chi connectivity index (χ2n) is 6.35. The van der Waals surface area contributed by atoms with Crippen LogP contribution in [0.25, 0.3) is 0 Å². The summed E-state index contributed by atoms with van der Waals surface area (Å²) in [6.45, 7) is 11.1. The van der Waals surface area contributed by atoms with Crippen molar-refractivity contribution in [3.63, 3.8) is 0 Å². The van der Waals surface area contributed by atoms with Crippen molar-refractivity contribution < 1.29 is 4.79 Å². The number of likely N-dealkylation sites (N-methyl/N-ethyl adjacent to an activating group) is 1. The van der Waals surface area contributed by atoms with E-state index in [0.717, 1.165) is 19.6 Å². The van der Waals surface area contributed by atoms with E-state index in [-0.39, 0.29) is 17.5 Å². The monoisotopic (exact) mass is 241 g/mol. The van der Waals surface area contributed by atoms with E-state index in [1.807, 2.05) is 19.0 Å². The smallest absolute Gasteiger partial charge is 0.241 e. The number of hydrogen-bond acceptors (Lipinski definition) is 3. The molecule has 4 nitrogen and oxygen atoms in total. The fraction of sp³-hybridized carbons (Fsp3) is 0.923. The van der Waals surface area contributed by atoms with Gasteiger partial charge >= 0.3 is 0 Å². The third kappa shape index (κ3) is 3.68. The van der Waals surface area contributed by atoms with Crippen molar-refractivity contribution in [2.45, 2.75) is 39.3 Å². The number of rotatable bonds is 4. The van der Waals surface area contributed by atoms with Crippen molar-refractivity contribution in [1.82, 2.24) is 15.1 Å². The van der Waals surface area contributed by atoms with Crippen LogP contribution < -0.4 is 5.32 Å². The lowest BCUT2D eigenvalue weighted by molar-refractivity contribution is -0.144. The minimum atomic E-state index is -0.0792. The summed E-state index contributed by atoms with van der Waals surface area (Å²) in [5.74, 6) is 0.750. The topological polar surface area (TPSA) is 35.6 Å². The van der Waals surface area contributed by atoms with Gasteiger partial charge in [-0.15, -0.1) is 0 Å². The third-order valence-corrected chi connectivity index (χ3v) is 3.17. The molecule has 100 valence electrons. The van der Waals surface area contributed by atoms with Gasteiger partial charge in [0.05, 0.1) is 6.04 Å². The summed E-state index contributed by atoms with van der Waals surface area (Å²) in [5.41, 5.74) is -0.0792. The molecule has 1 rings (SSSR count). The Labute approximate surface area is 105 Å². The first kappa shape index (κ1) is 14.5. The first-order valence-corrected chi connectivity index (χ1v) is 6.43. The molecular formula is C13H27N3O. The van der Waals surface area contributed by atoms with Gasteiger partial charge in [0.15, 0.2) is 0 Å². The van der Waals surface area contributed by atoms with Crippen molar-refractivity contribution in [1.29, 1.82) is 0 Å². The molecule has 1 atom stereocenters. The van der Waals surface area contributed by atoms with Crippen LogP contribution in [0.1, 0.15) is 27.7 Å². The van der Waals surface area contributed by atoms with Gasteiger partial charge in [0.25, 0.3) is 0 Å². The lowest BCUT2D eigenvalue weighted by Crippen LogP contribution is -2.67. The molecule has 1 heterocycles. The van der Waals surface area contributed by atoms with Gasteiger partial charge < -0.3 is 15.1 Å². The highest BCUT2D eigenvalue weighted by Crippen LogP contribution is 2.21. The van der Waals surface area contributed by atoms with Crippen molar-refractivity contribution in [2.75, 3.05) is 33.7 Å². The maximum atomic E-state index is 12.4. The number of piperazine rings is 1. The van der Waals surface area contributed by atoms with Crippen LogP contribution in [0.2, 0.25) is 0 Å². The summed E-state index contributed by atoms with van der Waals surface area (Å²) in [6, 6.07) is -0.0585. The third-order valence-electron chi connectivity index (χ3n) is 3.17. The van der Waals surface area contributed by atoms with Crippen LogP contribution in [0.4, 0.5) is 0 Å². The molecule has 1 aliphatic rings. The van der Waals surface area contributed by atoms with Crippen LogP contribution in [-0.4, -0.2) is 61.0 Å². The van der Waals surface area contributed by atoms with Gasteiger partial charge in [0.2, 0.25) is 5.91 Å². The lowest BCUT2D eigenvalue weighted by Gasteiger charge is -2.47. The normalized spacial score (nSPS) is 24.8. The molecule has 4 heteroatoms. The highest BCUT2D eigenvalue weighted by molar-refractivity contribution is 5.83. The second-order valence-corrected chi connectivity index (χ2v) is 6.35. The Bertz CT molecular complexity index is 274. The summed E-state index contributed by atoms with van der Waals surface area (Å²) in [7, 11) is 4.00. The average molecular weight is 241 g/mol. The fourth-order valence-corrected chi connectivity index (χ4v) is 2.25. The van der Waals surface area contributed by atoms with E-state index in [1.54, 1.807) is 0 Å². The average Bonchev–Trinajstić information content (AvgIpc) is 2.17. The summed E-state index contributed by atoms with van der Waals surface area (Å²) in [5, 5.41) is 3.36. The molecule has 0 aromatic carbocycles. The predicted molar refractivity (Wildman–Crippen MR) is 71.0 cm³/mol. The maximum Gasteiger partial charge on any atom is 0.241 e. The summed E-state index contributed by atoms with van der Waals surface area (Å²) in [6.07, 6.45) is 0.